The lowest BCUT2D eigenvalue weighted by atomic mass is 9.67. The van der Waals surface area contributed by atoms with Gasteiger partial charge in [-0.15, -0.1) is 0 Å². The Balaban J connectivity index is 1.21. The molecule has 9 heteroatoms. The first kappa shape index (κ1) is 51.4. The van der Waals surface area contributed by atoms with E-state index in [1.54, 1.807) is 18.2 Å². The number of benzene rings is 1. The largest absolute Gasteiger partial charge is 0.458 e. The summed E-state index contributed by atoms with van der Waals surface area (Å²) in [5, 5.41) is 11.7. The molecule has 372 valence electrons. The van der Waals surface area contributed by atoms with Gasteiger partial charge < -0.3 is 30.2 Å². The minimum Gasteiger partial charge on any atom is -0.458 e. The van der Waals surface area contributed by atoms with E-state index in [9.17, 15) is 14.4 Å². The van der Waals surface area contributed by atoms with E-state index in [0.29, 0.717) is 37.0 Å². The Hall–Kier alpha value is -2.49. The van der Waals surface area contributed by atoms with Crippen molar-refractivity contribution in [3.63, 3.8) is 0 Å². The van der Waals surface area contributed by atoms with Crippen molar-refractivity contribution in [3.05, 3.63) is 34.9 Å². The third-order valence-corrected chi connectivity index (χ3v) is 17.6. The second-order valence-electron chi connectivity index (χ2n) is 26.5. The molecule has 0 bridgehead atoms. The zero-order valence-corrected chi connectivity index (χ0v) is 43.7. The predicted octanol–water partition coefficient (Wildman–Crippen LogP) is 12.7. The molecular weight excluding hydrogens is 823 g/mol. The van der Waals surface area contributed by atoms with Crippen molar-refractivity contribution in [3.8, 4) is 0 Å². The molecule has 0 aromatic heterocycles. The van der Waals surface area contributed by atoms with E-state index >= 15 is 0 Å². The first-order valence-electron chi connectivity index (χ1n) is 27.0. The van der Waals surface area contributed by atoms with Crippen LogP contribution in [0.5, 0.6) is 0 Å². The minimum absolute atomic E-state index is 0.107. The number of ether oxygens (including phenoxy) is 3. The molecule has 3 N–H and O–H groups in total. The van der Waals surface area contributed by atoms with Crippen LogP contribution < -0.4 is 16.0 Å². The molecule has 7 rings (SSSR count). The number of esters is 3. The normalized spacial score (nSPS) is 32.2. The van der Waals surface area contributed by atoms with Crippen LogP contribution in [0.25, 0.3) is 0 Å². The first-order chi connectivity index (χ1) is 30.8. The lowest BCUT2D eigenvalue weighted by Gasteiger charge is -2.52. The molecule has 9 nitrogen and oxygen atoms in total. The molecule has 1 aromatic rings. The maximum atomic E-state index is 14.8. The quantitative estimate of drug-likeness (QED) is 0.139. The third-order valence-electron chi connectivity index (χ3n) is 17.6. The van der Waals surface area contributed by atoms with Crippen LogP contribution in [0.2, 0.25) is 0 Å². The molecule has 1 aromatic carbocycles. The number of nitrogens with one attached hydrogen (secondary N) is 3. The van der Waals surface area contributed by atoms with E-state index in [-0.39, 0.29) is 86.0 Å². The van der Waals surface area contributed by atoms with Gasteiger partial charge in [0, 0.05) is 70.2 Å². The van der Waals surface area contributed by atoms with Crippen LogP contribution in [-0.2, 0) is 14.2 Å². The van der Waals surface area contributed by atoms with Crippen molar-refractivity contribution < 1.29 is 28.6 Å². The highest BCUT2D eigenvalue weighted by Crippen LogP contribution is 2.45. The second kappa shape index (κ2) is 20.1. The zero-order valence-electron chi connectivity index (χ0n) is 43.7. The summed E-state index contributed by atoms with van der Waals surface area (Å²) in [4.78, 5) is 44.5. The van der Waals surface area contributed by atoms with Gasteiger partial charge in [-0.1, -0.05) is 96.3 Å². The Morgan fingerprint density at radius 2 is 0.636 bits per heavy atom. The number of carbonyl (C=O) groups is 3. The van der Waals surface area contributed by atoms with E-state index in [1.807, 2.05) is 0 Å². The van der Waals surface area contributed by atoms with Gasteiger partial charge in [-0.2, -0.15) is 0 Å². The summed E-state index contributed by atoms with van der Waals surface area (Å²) in [5.41, 5.74) is -0.989. The Morgan fingerprint density at radius 3 is 0.864 bits per heavy atom. The summed E-state index contributed by atoms with van der Waals surface area (Å²) in [6, 6.07) is 4.85. The summed E-state index contributed by atoms with van der Waals surface area (Å²) in [5.74, 6) is 0.599. The van der Waals surface area contributed by atoms with Crippen molar-refractivity contribution in [1.29, 1.82) is 0 Å². The maximum Gasteiger partial charge on any atom is 0.338 e. The Kier molecular flexibility index (Phi) is 15.6. The Morgan fingerprint density at radius 1 is 0.409 bits per heavy atom. The lowest BCUT2D eigenvalue weighted by molar-refractivity contribution is -0.0535. The Bertz CT molecular complexity index is 1630. The van der Waals surface area contributed by atoms with Gasteiger partial charge in [-0.25, -0.2) is 14.4 Å². The maximum absolute atomic E-state index is 14.8. The van der Waals surface area contributed by atoms with Crippen LogP contribution in [0.1, 0.15) is 249 Å². The average Bonchev–Trinajstić information content (AvgIpc) is 3.21. The van der Waals surface area contributed by atoms with Crippen molar-refractivity contribution >= 4 is 17.9 Å². The van der Waals surface area contributed by atoms with Gasteiger partial charge in [0.25, 0.3) is 0 Å². The Labute approximate surface area is 400 Å². The summed E-state index contributed by atoms with van der Waals surface area (Å²) in [6.07, 6.45) is 22.7. The lowest BCUT2D eigenvalue weighted by Crippen LogP contribution is -2.65. The third kappa shape index (κ3) is 12.8. The summed E-state index contributed by atoms with van der Waals surface area (Å²) >= 11 is 0. The average molecular weight is 916 g/mol. The molecule has 3 aliphatic heterocycles. The van der Waals surface area contributed by atoms with Crippen molar-refractivity contribution in [1.82, 2.24) is 16.0 Å². The number of carbonyl (C=O) groups excluding carboxylic acids is 3. The predicted molar refractivity (Wildman–Crippen MR) is 266 cm³/mol. The molecule has 3 aliphatic carbocycles. The van der Waals surface area contributed by atoms with Crippen LogP contribution in [0.15, 0.2) is 18.2 Å². The van der Waals surface area contributed by atoms with Crippen LogP contribution in [0, 0.1) is 35.5 Å². The van der Waals surface area contributed by atoms with Crippen molar-refractivity contribution in [2.45, 2.75) is 269 Å². The molecular formula is C57H93N3O6. The number of hydrogen-bond donors (Lipinski definition) is 3. The van der Waals surface area contributed by atoms with Gasteiger partial charge in [0.1, 0.15) is 18.3 Å². The highest BCUT2D eigenvalue weighted by Gasteiger charge is 2.51. The summed E-state index contributed by atoms with van der Waals surface area (Å²) in [7, 11) is 0. The van der Waals surface area contributed by atoms with Gasteiger partial charge in [0.05, 0.1) is 16.7 Å². The molecule has 6 fully saturated rings. The van der Waals surface area contributed by atoms with Crippen LogP contribution in [0.3, 0.4) is 0 Å². The standard InChI is InChI=1S/C57H93N3O6/c1-52(2)34-46(43(55(7,8)58-52)28-37-22-16-13-17-23-37)64-49(61)40-31-41(50(62)65-47-35-53(3,4)59-56(9,10)44(47)29-38-24-18-14-19-25-38)33-42(32-40)51(63)66-48-36-54(5,6)60-57(11,12)45(48)30-39-26-20-15-21-27-39/h31-33,37-39,43-48,58-60H,13-30,34-36H2,1-12H3. The van der Waals surface area contributed by atoms with E-state index in [0.717, 1.165) is 19.3 Å². The monoisotopic (exact) mass is 916 g/mol. The molecule has 0 spiro atoms. The molecule has 3 saturated heterocycles. The second-order valence-corrected chi connectivity index (χ2v) is 26.5. The van der Waals surface area contributed by atoms with Gasteiger partial charge in [0.2, 0.25) is 0 Å². The number of hydrogen-bond acceptors (Lipinski definition) is 9. The van der Waals surface area contributed by atoms with Gasteiger partial charge in [-0.05, 0) is 138 Å². The first-order valence-corrected chi connectivity index (χ1v) is 27.0. The van der Waals surface area contributed by atoms with Crippen LogP contribution in [-0.4, -0.2) is 69.5 Å². The van der Waals surface area contributed by atoms with E-state index in [2.05, 4.69) is 99.0 Å². The summed E-state index contributed by atoms with van der Waals surface area (Å²) in [6.45, 7) is 26.6. The number of piperidine rings is 3. The molecule has 0 radical (unpaired) electrons. The SMILES string of the molecule is CC1(C)CC(OC(=O)c2cc(C(=O)OC3CC(C)(C)NC(C)(C)C3CC3CCCCC3)cc(C(=O)OC3CC(C)(C)NC(C)(C)C3CC3CCCCC3)c2)C(CC2CCCCC2)C(C)(C)N1. The molecule has 6 unspecified atom stereocenters. The van der Waals surface area contributed by atoms with E-state index < -0.39 is 17.9 Å². The highest BCUT2D eigenvalue weighted by atomic mass is 16.6. The summed E-state index contributed by atoms with van der Waals surface area (Å²) < 4.78 is 20.1. The van der Waals surface area contributed by atoms with E-state index in [4.69, 9.17) is 14.2 Å². The van der Waals surface area contributed by atoms with Crippen molar-refractivity contribution in [2.24, 2.45) is 35.5 Å². The van der Waals surface area contributed by atoms with Crippen LogP contribution in [0.4, 0.5) is 0 Å². The fraction of sp³-hybridized carbons (Fsp3) is 0.842. The zero-order chi connectivity index (χ0) is 47.9. The molecule has 3 saturated carbocycles. The molecule has 66 heavy (non-hydrogen) atoms. The molecule has 0 amide bonds. The van der Waals surface area contributed by atoms with Gasteiger partial charge in [-0.3, -0.25) is 0 Å². The highest BCUT2D eigenvalue weighted by molar-refractivity contribution is 6.00. The smallest absolute Gasteiger partial charge is 0.338 e. The molecule has 3 heterocycles. The van der Waals surface area contributed by atoms with Gasteiger partial charge in [0.15, 0.2) is 0 Å². The molecule has 6 aliphatic rings. The minimum atomic E-state index is -0.510. The fourth-order valence-corrected chi connectivity index (χ4v) is 15.0. The van der Waals surface area contributed by atoms with Gasteiger partial charge >= 0.3 is 17.9 Å². The topological polar surface area (TPSA) is 115 Å². The van der Waals surface area contributed by atoms with Crippen LogP contribution >= 0.6 is 0 Å². The van der Waals surface area contributed by atoms with Crippen molar-refractivity contribution in [2.75, 3.05) is 0 Å². The van der Waals surface area contributed by atoms with E-state index in [1.165, 1.54) is 96.3 Å². The molecule has 6 atom stereocenters. The fourth-order valence-electron chi connectivity index (χ4n) is 15.0. The number of rotatable bonds is 12.